The first-order valence-corrected chi connectivity index (χ1v) is 8.52. The number of hydrogen-bond donors (Lipinski definition) is 2. The summed E-state index contributed by atoms with van der Waals surface area (Å²) in [5.74, 6) is 2.17. The highest BCUT2D eigenvalue weighted by Gasteiger charge is 2.16. The van der Waals surface area contributed by atoms with E-state index in [0.717, 1.165) is 50.3 Å². The topological polar surface area (TPSA) is 67.4 Å². The Morgan fingerprint density at radius 2 is 2.10 bits per heavy atom. The van der Waals surface area contributed by atoms with Crippen molar-refractivity contribution in [3.05, 3.63) is 0 Å². The van der Waals surface area contributed by atoms with Crippen molar-refractivity contribution in [2.24, 2.45) is 0 Å². The van der Waals surface area contributed by atoms with Crippen molar-refractivity contribution in [1.29, 1.82) is 0 Å². The molecule has 1 rings (SSSR count). The van der Waals surface area contributed by atoms with E-state index in [4.69, 9.17) is 0 Å². The van der Waals surface area contributed by atoms with Crippen molar-refractivity contribution < 1.29 is 14.3 Å². The number of hydrogen-bond acceptors (Lipinski definition) is 5. The number of thioether (sulfide) groups is 1. The molecule has 5 nitrogen and oxygen atoms in total. The molecule has 0 saturated carbocycles. The van der Waals surface area contributed by atoms with Gasteiger partial charge in [0.25, 0.3) is 0 Å². The van der Waals surface area contributed by atoms with Crippen LogP contribution in [-0.2, 0) is 14.3 Å². The summed E-state index contributed by atoms with van der Waals surface area (Å²) >= 11 is 1.91. The van der Waals surface area contributed by atoms with Gasteiger partial charge in [-0.15, -0.1) is 0 Å². The van der Waals surface area contributed by atoms with E-state index < -0.39 is 0 Å². The molecule has 1 unspecified atom stereocenters. The molecule has 0 aliphatic carbocycles. The van der Waals surface area contributed by atoms with Crippen molar-refractivity contribution in [2.75, 3.05) is 31.7 Å². The molecular weight excluding hydrogens is 276 g/mol. The Kier molecular flexibility index (Phi) is 9.49. The third-order valence-corrected chi connectivity index (χ3v) is 4.42. The Hall–Kier alpha value is -0.750. The van der Waals surface area contributed by atoms with Gasteiger partial charge >= 0.3 is 5.97 Å². The summed E-state index contributed by atoms with van der Waals surface area (Å²) in [6, 6.07) is 0.328. The fourth-order valence-corrected chi connectivity index (χ4v) is 3.07. The van der Waals surface area contributed by atoms with Gasteiger partial charge in [0.05, 0.1) is 7.11 Å². The van der Waals surface area contributed by atoms with E-state index in [0.29, 0.717) is 18.9 Å². The maximum Gasteiger partial charge on any atom is 0.305 e. The van der Waals surface area contributed by atoms with E-state index in [1.165, 1.54) is 7.11 Å². The molecule has 0 spiro atoms. The number of carbonyl (C=O) groups excluding carboxylic acids is 2. The van der Waals surface area contributed by atoms with Gasteiger partial charge in [0.2, 0.25) is 5.91 Å². The Bertz CT molecular complexity index is 294. The first-order chi connectivity index (χ1) is 9.72. The van der Waals surface area contributed by atoms with Crippen LogP contribution in [0.2, 0.25) is 0 Å². The second kappa shape index (κ2) is 11.0. The molecule has 2 N–H and O–H groups in total. The molecule has 1 heterocycles. The van der Waals surface area contributed by atoms with Crippen LogP contribution in [-0.4, -0.2) is 49.6 Å². The molecule has 1 amide bonds. The second-order valence-electron chi connectivity index (χ2n) is 5.02. The largest absolute Gasteiger partial charge is 0.469 e. The predicted molar refractivity (Wildman–Crippen MR) is 81.8 cm³/mol. The van der Waals surface area contributed by atoms with Crippen molar-refractivity contribution in [3.8, 4) is 0 Å². The predicted octanol–water partition coefficient (Wildman–Crippen LogP) is 1.32. The van der Waals surface area contributed by atoms with E-state index in [1.54, 1.807) is 0 Å². The normalized spacial score (nSPS) is 18.6. The Morgan fingerprint density at radius 3 is 2.80 bits per heavy atom. The van der Waals surface area contributed by atoms with Crippen LogP contribution in [0.15, 0.2) is 0 Å². The Balaban J connectivity index is 1.90. The summed E-state index contributed by atoms with van der Waals surface area (Å²) in [5, 5.41) is 6.32. The lowest BCUT2D eigenvalue weighted by Gasteiger charge is -2.22. The third kappa shape index (κ3) is 8.43. The molecule has 0 aromatic heterocycles. The van der Waals surface area contributed by atoms with Crippen LogP contribution in [0.1, 0.15) is 38.5 Å². The maximum atomic E-state index is 11.7. The van der Waals surface area contributed by atoms with Crippen molar-refractivity contribution >= 4 is 23.6 Å². The van der Waals surface area contributed by atoms with Crippen molar-refractivity contribution in [1.82, 2.24) is 10.6 Å². The van der Waals surface area contributed by atoms with Gasteiger partial charge in [-0.1, -0.05) is 12.8 Å². The number of nitrogens with one attached hydrogen (secondary N) is 2. The van der Waals surface area contributed by atoms with Gasteiger partial charge in [-0.2, -0.15) is 11.8 Å². The molecule has 0 radical (unpaired) electrons. The summed E-state index contributed by atoms with van der Waals surface area (Å²) in [5.41, 5.74) is 0. The lowest BCUT2D eigenvalue weighted by atomic mass is 10.1. The van der Waals surface area contributed by atoms with E-state index in [-0.39, 0.29) is 11.9 Å². The summed E-state index contributed by atoms with van der Waals surface area (Å²) < 4.78 is 4.58. The lowest BCUT2D eigenvalue weighted by Crippen LogP contribution is -2.41. The van der Waals surface area contributed by atoms with Crippen LogP contribution >= 0.6 is 11.8 Å². The highest BCUT2D eigenvalue weighted by molar-refractivity contribution is 7.99. The minimum atomic E-state index is -0.142. The van der Waals surface area contributed by atoms with Crippen LogP contribution in [0, 0.1) is 0 Å². The molecule has 1 fully saturated rings. The van der Waals surface area contributed by atoms with Crippen LogP contribution in [0.4, 0.5) is 0 Å². The van der Waals surface area contributed by atoms with E-state index >= 15 is 0 Å². The molecule has 1 atom stereocenters. The molecule has 20 heavy (non-hydrogen) atoms. The third-order valence-electron chi connectivity index (χ3n) is 3.29. The molecule has 0 aromatic carbocycles. The van der Waals surface area contributed by atoms with Crippen LogP contribution < -0.4 is 10.6 Å². The van der Waals surface area contributed by atoms with Crippen LogP contribution in [0.5, 0.6) is 0 Å². The SMILES string of the molecule is COC(=O)CCCCCCNC(=O)CC1CSCCN1. The standard InChI is InChI=1S/C14H26N2O3S/c1-19-14(18)6-4-2-3-5-7-16-13(17)10-12-11-20-9-8-15-12/h12,15H,2-11H2,1H3,(H,16,17). The zero-order valence-corrected chi connectivity index (χ0v) is 13.1. The van der Waals surface area contributed by atoms with Gasteiger partial charge in [-0.25, -0.2) is 0 Å². The molecule has 1 saturated heterocycles. The van der Waals surface area contributed by atoms with Gasteiger partial charge in [0.1, 0.15) is 0 Å². The molecule has 116 valence electrons. The number of amides is 1. The van der Waals surface area contributed by atoms with Crippen LogP contribution in [0.3, 0.4) is 0 Å². The summed E-state index contributed by atoms with van der Waals surface area (Å²) in [4.78, 5) is 22.6. The minimum absolute atomic E-state index is 0.138. The van der Waals surface area contributed by atoms with E-state index in [1.807, 2.05) is 11.8 Å². The Morgan fingerprint density at radius 1 is 1.30 bits per heavy atom. The monoisotopic (exact) mass is 302 g/mol. The maximum absolute atomic E-state index is 11.7. The lowest BCUT2D eigenvalue weighted by molar-refractivity contribution is -0.140. The number of ether oxygens (including phenoxy) is 1. The quantitative estimate of drug-likeness (QED) is 0.497. The van der Waals surface area contributed by atoms with Gasteiger partial charge in [-0.3, -0.25) is 9.59 Å². The molecule has 6 heteroatoms. The Labute approximate surface area is 125 Å². The number of carbonyl (C=O) groups is 2. The van der Waals surface area contributed by atoms with Crippen molar-refractivity contribution in [3.63, 3.8) is 0 Å². The van der Waals surface area contributed by atoms with E-state index in [2.05, 4.69) is 15.4 Å². The molecule has 1 aliphatic heterocycles. The second-order valence-corrected chi connectivity index (χ2v) is 6.17. The van der Waals surface area contributed by atoms with Crippen LogP contribution in [0.25, 0.3) is 0 Å². The number of methoxy groups -OCH3 is 1. The van der Waals surface area contributed by atoms with Gasteiger partial charge in [0, 0.05) is 43.5 Å². The summed E-state index contributed by atoms with van der Waals surface area (Å²) in [7, 11) is 1.41. The van der Waals surface area contributed by atoms with Crippen molar-refractivity contribution in [2.45, 2.75) is 44.6 Å². The summed E-state index contributed by atoms with van der Waals surface area (Å²) in [6.45, 7) is 1.74. The fourth-order valence-electron chi connectivity index (χ4n) is 2.12. The molecule has 0 aromatic rings. The summed E-state index contributed by atoms with van der Waals surface area (Å²) in [6.07, 6.45) is 4.95. The fraction of sp³-hybridized carbons (Fsp3) is 0.857. The highest BCUT2D eigenvalue weighted by Crippen LogP contribution is 2.10. The average molecular weight is 302 g/mol. The molecular formula is C14H26N2O3S. The smallest absolute Gasteiger partial charge is 0.305 e. The van der Waals surface area contributed by atoms with Gasteiger partial charge < -0.3 is 15.4 Å². The van der Waals surface area contributed by atoms with E-state index in [9.17, 15) is 9.59 Å². The minimum Gasteiger partial charge on any atom is -0.469 e. The number of esters is 1. The first kappa shape index (κ1) is 17.3. The molecule has 1 aliphatic rings. The number of rotatable bonds is 9. The van der Waals surface area contributed by atoms with Gasteiger partial charge in [0.15, 0.2) is 0 Å². The first-order valence-electron chi connectivity index (χ1n) is 7.37. The number of unbranched alkanes of at least 4 members (excludes halogenated alkanes) is 3. The average Bonchev–Trinajstić information content (AvgIpc) is 2.47. The zero-order chi connectivity index (χ0) is 14.6. The highest BCUT2D eigenvalue weighted by atomic mass is 32.2. The van der Waals surface area contributed by atoms with Gasteiger partial charge in [-0.05, 0) is 12.8 Å². The zero-order valence-electron chi connectivity index (χ0n) is 12.3. The molecule has 0 bridgehead atoms.